The number of hydrogen-bond acceptors (Lipinski definition) is 2. The lowest BCUT2D eigenvalue weighted by Crippen LogP contribution is -2.39. The fourth-order valence-corrected chi connectivity index (χ4v) is 3.14. The quantitative estimate of drug-likeness (QED) is 0.780. The second-order valence-corrected chi connectivity index (χ2v) is 6.32. The SMILES string of the molecule is CC1CC(C)CN(CCC(=O)c2ccc(Cl)cc2)C1. The molecule has 1 heterocycles. The number of nitrogens with zero attached hydrogens (tertiary/aromatic N) is 1. The molecule has 2 unspecified atom stereocenters. The van der Waals surface area contributed by atoms with Gasteiger partial charge in [0.15, 0.2) is 5.78 Å². The monoisotopic (exact) mass is 279 g/mol. The van der Waals surface area contributed by atoms with Gasteiger partial charge in [-0.3, -0.25) is 4.79 Å². The summed E-state index contributed by atoms with van der Waals surface area (Å²) >= 11 is 5.83. The zero-order valence-electron chi connectivity index (χ0n) is 11.7. The molecule has 0 bridgehead atoms. The lowest BCUT2D eigenvalue weighted by molar-refractivity contribution is 0.0926. The zero-order valence-corrected chi connectivity index (χ0v) is 12.5. The first kappa shape index (κ1) is 14.5. The Morgan fingerprint density at radius 3 is 2.37 bits per heavy atom. The number of piperidine rings is 1. The molecule has 0 radical (unpaired) electrons. The van der Waals surface area contributed by atoms with Crippen LogP contribution in [0.25, 0.3) is 0 Å². The van der Waals surface area contributed by atoms with Crippen molar-refractivity contribution in [3.63, 3.8) is 0 Å². The predicted octanol–water partition coefficient (Wildman–Crippen LogP) is 3.89. The maximum absolute atomic E-state index is 12.1. The molecule has 1 aliphatic heterocycles. The van der Waals surface area contributed by atoms with Crippen molar-refractivity contribution < 1.29 is 4.79 Å². The summed E-state index contributed by atoms with van der Waals surface area (Å²) in [6.45, 7) is 7.71. The average Bonchev–Trinajstić information content (AvgIpc) is 2.36. The fraction of sp³-hybridized carbons (Fsp3) is 0.562. The van der Waals surface area contributed by atoms with Crippen LogP contribution in [0.4, 0.5) is 0 Å². The maximum atomic E-state index is 12.1. The highest BCUT2D eigenvalue weighted by Gasteiger charge is 2.22. The molecule has 1 fully saturated rings. The van der Waals surface area contributed by atoms with Crippen molar-refractivity contribution >= 4 is 17.4 Å². The molecule has 0 saturated carbocycles. The van der Waals surface area contributed by atoms with E-state index in [2.05, 4.69) is 18.7 Å². The molecule has 2 nitrogen and oxygen atoms in total. The van der Waals surface area contributed by atoms with E-state index in [1.165, 1.54) is 6.42 Å². The van der Waals surface area contributed by atoms with Crippen LogP contribution < -0.4 is 0 Å². The van der Waals surface area contributed by atoms with Gasteiger partial charge in [0.05, 0.1) is 0 Å². The minimum absolute atomic E-state index is 0.211. The Morgan fingerprint density at radius 2 is 1.79 bits per heavy atom. The molecular formula is C16H22ClNO. The topological polar surface area (TPSA) is 20.3 Å². The summed E-state index contributed by atoms with van der Waals surface area (Å²) in [6.07, 6.45) is 1.91. The van der Waals surface area contributed by atoms with Gasteiger partial charge in [0, 0.05) is 36.6 Å². The van der Waals surface area contributed by atoms with E-state index in [0.717, 1.165) is 37.0 Å². The lowest BCUT2D eigenvalue weighted by atomic mass is 9.91. The Hall–Kier alpha value is -0.860. The third kappa shape index (κ3) is 4.32. The highest BCUT2D eigenvalue weighted by atomic mass is 35.5. The van der Waals surface area contributed by atoms with Gasteiger partial charge >= 0.3 is 0 Å². The molecule has 2 rings (SSSR count). The summed E-state index contributed by atoms with van der Waals surface area (Å²) in [6, 6.07) is 7.18. The number of hydrogen-bond donors (Lipinski definition) is 0. The predicted molar refractivity (Wildman–Crippen MR) is 79.8 cm³/mol. The Kier molecular flexibility index (Phi) is 5.00. The van der Waals surface area contributed by atoms with Crippen molar-refractivity contribution in [2.24, 2.45) is 11.8 Å². The van der Waals surface area contributed by atoms with E-state index in [0.29, 0.717) is 11.4 Å². The molecule has 0 N–H and O–H groups in total. The number of carbonyl (C=O) groups is 1. The second-order valence-electron chi connectivity index (χ2n) is 5.89. The Morgan fingerprint density at radius 1 is 1.21 bits per heavy atom. The van der Waals surface area contributed by atoms with Crippen molar-refractivity contribution in [2.45, 2.75) is 26.7 Å². The minimum Gasteiger partial charge on any atom is -0.302 e. The van der Waals surface area contributed by atoms with E-state index in [4.69, 9.17) is 11.6 Å². The molecule has 1 aliphatic rings. The van der Waals surface area contributed by atoms with Crippen LogP contribution >= 0.6 is 11.6 Å². The van der Waals surface area contributed by atoms with Gasteiger partial charge in [0.25, 0.3) is 0 Å². The molecule has 0 spiro atoms. The highest BCUT2D eigenvalue weighted by molar-refractivity contribution is 6.30. The van der Waals surface area contributed by atoms with Gasteiger partial charge < -0.3 is 4.90 Å². The number of likely N-dealkylation sites (tertiary alicyclic amines) is 1. The third-order valence-electron chi connectivity index (χ3n) is 3.77. The first-order valence-corrected chi connectivity index (χ1v) is 7.43. The molecule has 3 heteroatoms. The molecule has 1 aromatic carbocycles. The average molecular weight is 280 g/mol. The van der Waals surface area contributed by atoms with Crippen LogP contribution in [-0.4, -0.2) is 30.3 Å². The first-order chi connectivity index (χ1) is 9.04. The largest absolute Gasteiger partial charge is 0.302 e. The van der Waals surface area contributed by atoms with E-state index >= 15 is 0 Å². The summed E-state index contributed by atoms with van der Waals surface area (Å²) < 4.78 is 0. The molecular weight excluding hydrogens is 258 g/mol. The van der Waals surface area contributed by atoms with Gasteiger partial charge in [-0.25, -0.2) is 0 Å². The van der Waals surface area contributed by atoms with E-state index < -0.39 is 0 Å². The number of Topliss-reactive ketones (excluding diaryl/α,β-unsaturated/α-hetero) is 1. The van der Waals surface area contributed by atoms with Gasteiger partial charge in [-0.05, 0) is 42.5 Å². The summed E-state index contributed by atoms with van der Waals surface area (Å²) in [5.41, 5.74) is 0.766. The Bertz CT molecular complexity index is 419. The van der Waals surface area contributed by atoms with E-state index in [9.17, 15) is 4.79 Å². The second kappa shape index (κ2) is 6.53. The Balaban J connectivity index is 1.84. The molecule has 1 aromatic rings. The van der Waals surface area contributed by atoms with Crippen LogP contribution in [0.2, 0.25) is 5.02 Å². The van der Waals surface area contributed by atoms with Gasteiger partial charge in [-0.2, -0.15) is 0 Å². The van der Waals surface area contributed by atoms with Crippen LogP contribution in [0.15, 0.2) is 24.3 Å². The van der Waals surface area contributed by atoms with E-state index in [-0.39, 0.29) is 5.78 Å². The van der Waals surface area contributed by atoms with E-state index in [1.807, 2.05) is 12.1 Å². The van der Waals surface area contributed by atoms with Crippen LogP contribution in [0.1, 0.15) is 37.0 Å². The summed E-state index contributed by atoms with van der Waals surface area (Å²) in [7, 11) is 0. The molecule has 1 saturated heterocycles. The van der Waals surface area contributed by atoms with Crippen molar-refractivity contribution in [1.29, 1.82) is 0 Å². The maximum Gasteiger partial charge on any atom is 0.164 e. The van der Waals surface area contributed by atoms with Crippen LogP contribution in [0, 0.1) is 11.8 Å². The van der Waals surface area contributed by atoms with Gasteiger partial charge in [0.1, 0.15) is 0 Å². The summed E-state index contributed by atoms with van der Waals surface area (Å²) in [5, 5.41) is 0.676. The highest BCUT2D eigenvalue weighted by Crippen LogP contribution is 2.21. The van der Waals surface area contributed by atoms with Gasteiger partial charge in [-0.15, -0.1) is 0 Å². The van der Waals surface area contributed by atoms with Crippen LogP contribution in [0.3, 0.4) is 0 Å². The first-order valence-electron chi connectivity index (χ1n) is 7.05. The lowest BCUT2D eigenvalue weighted by Gasteiger charge is -2.34. The molecule has 0 amide bonds. The number of ketones is 1. The fourth-order valence-electron chi connectivity index (χ4n) is 3.01. The summed E-state index contributed by atoms with van der Waals surface area (Å²) in [4.78, 5) is 14.5. The summed E-state index contributed by atoms with van der Waals surface area (Å²) in [5.74, 6) is 1.70. The number of rotatable bonds is 4. The number of benzene rings is 1. The number of halogens is 1. The standard InChI is InChI=1S/C16H22ClNO/c1-12-9-13(2)11-18(10-12)8-7-16(19)14-3-5-15(17)6-4-14/h3-6,12-13H,7-11H2,1-2H3. The molecule has 0 aliphatic carbocycles. The van der Waals surface area contributed by atoms with Gasteiger partial charge in [-0.1, -0.05) is 25.4 Å². The van der Waals surface area contributed by atoms with Crippen molar-refractivity contribution in [2.75, 3.05) is 19.6 Å². The minimum atomic E-state index is 0.211. The van der Waals surface area contributed by atoms with Crippen molar-refractivity contribution in [3.8, 4) is 0 Å². The molecule has 0 aromatic heterocycles. The third-order valence-corrected chi connectivity index (χ3v) is 4.02. The van der Waals surface area contributed by atoms with Crippen LogP contribution in [-0.2, 0) is 0 Å². The molecule has 104 valence electrons. The van der Waals surface area contributed by atoms with Gasteiger partial charge in [0.2, 0.25) is 0 Å². The van der Waals surface area contributed by atoms with Crippen molar-refractivity contribution in [3.05, 3.63) is 34.9 Å². The van der Waals surface area contributed by atoms with E-state index in [1.54, 1.807) is 12.1 Å². The normalized spacial score (nSPS) is 24.4. The van der Waals surface area contributed by atoms with Crippen LogP contribution in [0.5, 0.6) is 0 Å². The smallest absolute Gasteiger partial charge is 0.164 e. The Labute approximate surface area is 120 Å². The molecule has 2 atom stereocenters. The zero-order chi connectivity index (χ0) is 13.8. The van der Waals surface area contributed by atoms with Crippen molar-refractivity contribution in [1.82, 2.24) is 4.90 Å². The molecule has 19 heavy (non-hydrogen) atoms. The number of carbonyl (C=O) groups excluding carboxylic acids is 1.